The van der Waals surface area contributed by atoms with Crippen molar-refractivity contribution in [2.75, 3.05) is 6.61 Å². The minimum Gasteiger partial charge on any atom is -0.417 e. The van der Waals surface area contributed by atoms with Gasteiger partial charge in [-0.3, -0.25) is 0 Å². The lowest BCUT2D eigenvalue weighted by molar-refractivity contribution is 0.302. The molecule has 0 N–H and O–H groups in total. The van der Waals surface area contributed by atoms with E-state index in [1.54, 1.807) is 0 Å². The molecule has 0 bridgehead atoms. The third kappa shape index (κ3) is 13.4. The van der Waals surface area contributed by atoms with Crippen molar-refractivity contribution in [1.29, 1.82) is 0 Å². The lowest BCUT2D eigenvalue weighted by Gasteiger charge is -2.38. The molecule has 0 aliphatic rings. The fourth-order valence-electron chi connectivity index (χ4n) is 4.87. The lowest BCUT2D eigenvalue weighted by atomic mass is 10.0. The van der Waals surface area contributed by atoms with E-state index < -0.39 is 8.32 Å². The first-order valence-corrected chi connectivity index (χ1v) is 15.4. The molecular weight excluding hydrogens is 356 g/mol. The van der Waals surface area contributed by atoms with Crippen LogP contribution in [0.5, 0.6) is 0 Å². The Morgan fingerprint density at radius 1 is 0.500 bits per heavy atom. The molecule has 0 aromatic heterocycles. The molecule has 0 spiro atoms. The highest BCUT2D eigenvalue weighted by Crippen LogP contribution is 2.38. The zero-order valence-corrected chi connectivity index (χ0v) is 21.8. The van der Waals surface area contributed by atoms with E-state index in [9.17, 15) is 0 Å². The molecule has 0 heterocycles. The summed E-state index contributed by atoms with van der Waals surface area (Å²) < 4.78 is 6.42. The Bertz CT molecular complexity index is 306. The highest BCUT2D eigenvalue weighted by Gasteiger charge is 2.40. The van der Waals surface area contributed by atoms with Gasteiger partial charge in [0.1, 0.15) is 0 Å². The average Bonchev–Trinajstić information content (AvgIpc) is 2.66. The molecule has 0 amide bonds. The second-order valence-corrected chi connectivity index (χ2v) is 14.8. The van der Waals surface area contributed by atoms with Gasteiger partial charge in [-0.1, -0.05) is 137 Å². The van der Waals surface area contributed by atoms with Gasteiger partial charge in [-0.15, -0.1) is 0 Å². The first kappa shape index (κ1) is 28.2. The summed E-state index contributed by atoms with van der Waals surface area (Å²) in [6.45, 7) is 15.0. The Morgan fingerprint density at radius 3 is 1.11 bits per heavy atom. The molecule has 0 radical (unpaired) electrons. The fourth-order valence-corrected chi connectivity index (χ4v) is 9.51. The van der Waals surface area contributed by atoms with E-state index in [-0.39, 0.29) is 0 Å². The summed E-state index contributed by atoms with van der Waals surface area (Å²) in [4.78, 5) is 0. The van der Waals surface area contributed by atoms with E-state index in [0.717, 1.165) is 17.7 Å². The minimum absolute atomic E-state index is 0.740. The van der Waals surface area contributed by atoms with Gasteiger partial charge in [0.25, 0.3) is 0 Å². The zero-order valence-electron chi connectivity index (χ0n) is 20.8. The van der Waals surface area contributed by atoms with Crippen molar-refractivity contribution in [3.63, 3.8) is 0 Å². The lowest BCUT2D eigenvalue weighted by Crippen LogP contribution is -2.44. The van der Waals surface area contributed by atoms with E-state index in [0.29, 0.717) is 0 Å². The van der Waals surface area contributed by atoms with Crippen LogP contribution in [0.1, 0.15) is 144 Å². The highest BCUT2D eigenvalue weighted by atomic mass is 28.4. The number of hydrogen-bond donors (Lipinski definition) is 0. The predicted molar refractivity (Wildman–Crippen MR) is 132 cm³/mol. The summed E-state index contributed by atoms with van der Waals surface area (Å²) in [6.07, 6.45) is 23.2. The molecule has 1 nitrogen and oxygen atoms in total. The van der Waals surface area contributed by atoms with Crippen molar-refractivity contribution in [1.82, 2.24) is 0 Å². The Hall–Kier alpha value is 0.177. The molecule has 0 aliphatic carbocycles. The molecule has 0 aromatic carbocycles. The minimum atomic E-state index is -1.56. The molecule has 0 aromatic rings. The number of hydrogen-bond acceptors (Lipinski definition) is 1. The molecule has 0 saturated carbocycles. The average molecular weight is 413 g/mol. The van der Waals surface area contributed by atoms with Gasteiger partial charge in [0.05, 0.1) is 0 Å². The van der Waals surface area contributed by atoms with Crippen molar-refractivity contribution in [3.8, 4) is 0 Å². The smallest absolute Gasteiger partial charge is 0.197 e. The van der Waals surface area contributed by atoms with Crippen LogP contribution in [-0.4, -0.2) is 14.9 Å². The van der Waals surface area contributed by atoms with Gasteiger partial charge < -0.3 is 4.43 Å². The van der Waals surface area contributed by atoms with Crippen molar-refractivity contribution in [3.05, 3.63) is 0 Å². The van der Waals surface area contributed by atoms with Crippen LogP contribution in [0, 0.1) is 0 Å². The van der Waals surface area contributed by atoms with E-state index in [1.807, 2.05) is 0 Å². The largest absolute Gasteiger partial charge is 0.417 e. The summed E-state index contributed by atoms with van der Waals surface area (Å²) in [5.74, 6) is 0. The summed E-state index contributed by atoms with van der Waals surface area (Å²) in [5.41, 5.74) is 1.48. The molecule has 0 saturated heterocycles. The quantitative estimate of drug-likeness (QED) is 0.134. The second kappa shape index (κ2) is 19.2. The number of rotatable bonds is 21. The van der Waals surface area contributed by atoms with Gasteiger partial charge in [0, 0.05) is 6.61 Å². The molecule has 0 unspecified atom stereocenters. The zero-order chi connectivity index (χ0) is 21.1. The first-order chi connectivity index (χ1) is 13.5. The third-order valence-corrected chi connectivity index (χ3v) is 12.7. The molecular formula is C26H56OSi. The predicted octanol–water partition coefficient (Wildman–Crippen LogP) is 10.0. The van der Waals surface area contributed by atoms with Crippen LogP contribution in [0.4, 0.5) is 0 Å². The molecule has 0 atom stereocenters. The van der Waals surface area contributed by atoms with Crippen LogP contribution in [0.3, 0.4) is 0 Å². The maximum absolute atomic E-state index is 6.42. The Kier molecular flexibility index (Phi) is 19.3. The Balaban J connectivity index is 3.52. The summed E-state index contributed by atoms with van der Waals surface area (Å²) in [7, 11) is -1.56. The molecule has 0 aliphatic heterocycles. The SMILES string of the molecule is CCCCCCCCCCCCCCCCCC[Si](OCC)(C(C)C)C(C)C. The maximum atomic E-state index is 6.42. The molecule has 28 heavy (non-hydrogen) atoms. The van der Waals surface area contributed by atoms with E-state index in [2.05, 4.69) is 41.5 Å². The van der Waals surface area contributed by atoms with Gasteiger partial charge >= 0.3 is 0 Å². The maximum Gasteiger partial charge on any atom is 0.197 e. The standard InChI is InChI=1S/C26H56OSi/c1-7-9-10-11-12-13-14-15-16-17-18-19-20-21-22-23-24-28(25(3)4,26(5)6)27-8-2/h25-26H,7-24H2,1-6H3. The highest BCUT2D eigenvalue weighted by molar-refractivity contribution is 6.76. The van der Waals surface area contributed by atoms with Crippen LogP contribution >= 0.6 is 0 Å². The Morgan fingerprint density at radius 2 is 0.821 bits per heavy atom. The van der Waals surface area contributed by atoms with Crippen LogP contribution in [-0.2, 0) is 4.43 Å². The molecule has 170 valence electrons. The second-order valence-electron chi connectivity index (χ2n) is 9.75. The molecule has 0 rings (SSSR count). The fraction of sp³-hybridized carbons (Fsp3) is 1.00. The van der Waals surface area contributed by atoms with Gasteiger partial charge in [-0.2, -0.15) is 0 Å². The van der Waals surface area contributed by atoms with Crippen molar-refractivity contribution in [2.24, 2.45) is 0 Å². The van der Waals surface area contributed by atoms with Gasteiger partial charge in [-0.05, 0) is 24.1 Å². The van der Waals surface area contributed by atoms with Gasteiger partial charge in [0.2, 0.25) is 0 Å². The van der Waals surface area contributed by atoms with Gasteiger partial charge in [-0.25, -0.2) is 0 Å². The monoisotopic (exact) mass is 412 g/mol. The van der Waals surface area contributed by atoms with E-state index in [1.165, 1.54) is 109 Å². The van der Waals surface area contributed by atoms with E-state index >= 15 is 0 Å². The van der Waals surface area contributed by atoms with Crippen LogP contribution < -0.4 is 0 Å². The third-order valence-electron chi connectivity index (χ3n) is 6.79. The topological polar surface area (TPSA) is 9.23 Å². The van der Waals surface area contributed by atoms with Crippen LogP contribution in [0.2, 0.25) is 17.1 Å². The summed E-state index contributed by atoms with van der Waals surface area (Å²) in [6, 6.07) is 1.37. The van der Waals surface area contributed by atoms with Crippen molar-refractivity contribution in [2.45, 2.75) is 161 Å². The van der Waals surface area contributed by atoms with Gasteiger partial charge in [0.15, 0.2) is 8.32 Å². The summed E-state index contributed by atoms with van der Waals surface area (Å²) in [5, 5.41) is 0. The molecule has 0 fully saturated rings. The van der Waals surface area contributed by atoms with E-state index in [4.69, 9.17) is 4.43 Å². The molecule has 2 heteroatoms. The van der Waals surface area contributed by atoms with Crippen LogP contribution in [0.25, 0.3) is 0 Å². The van der Waals surface area contributed by atoms with Crippen LogP contribution in [0.15, 0.2) is 0 Å². The van der Waals surface area contributed by atoms with Crippen molar-refractivity contribution < 1.29 is 4.43 Å². The summed E-state index contributed by atoms with van der Waals surface area (Å²) >= 11 is 0. The van der Waals surface area contributed by atoms with Crippen molar-refractivity contribution >= 4 is 8.32 Å². The Labute approximate surface area is 180 Å². The first-order valence-electron chi connectivity index (χ1n) is 13.1. The normalized spacial score (nSPS) is 12.4. The number of unbranched alkanes of at least 4 members (excludes halogenated alkanes) is 15.